The first-order valence-corrected chi connectivity index (χ1v) is 6.36. The molecule has 0 aliphatic rings. The van der Waals surface area contributed by atoms with Gasteiger partial charge in [0.15, 0.2) is 0 Å². The van der Waals surface area contributed by atoms with Gasteiger partial charge in [-0.1, -0.05) is 0 Å². The van der Waals surface area contributed by atoms with Crippen molar-refractivity contribution >= 4 is 5.95 Å². The van der Waals surface area contributed by atoms with E-state index in [1.54, 1.807) is 25.3 Å². The van der Waals surface area contributed by atoms with Gasteiger partial charge in [0.2, 0.25) is 5.95 Å². The zero-order valence-corrected chi connectivity index (χ0v) is 11.8. The summed E-state index contributed by atoms with van der Waals surface area (Å²) < 4.78 is 5.35. The number of aromatic nitrogens is 2. The van der Waals surface area contributed by atoms with Crippen molar-refractivity contribution in [2.45, 2.75) is 13.8 Å². The number of nitrogens with one attached hydrogen (secondary N) is 1. The minimum atomic E-state index is 0.571. The van der Waals surface area contributed by atoms with Crippen molar-refractivity contribution < 1.29 is 4.74 Å². The van der Waals surface area contributed by atoms with E-state index in [0.717, 1.165) is 23.5 Å². The van der Waals surface area contributed by atoms with Gasteiger partial charge in [-0.05, 0) is 38.1 Å². The van der Waals surface area contributed by atoms with Crippen LogP contribution in [0.15, 0.2) is 24.3 Å². The molecule has 0 saturated heterocycles. The molecule has 1 N–H and O–H groups in total. The average molecular weight is 268 g/mol. The van der Waals surface area contributed by atoms with Crippen LogP contribution in [0.4, 0.5) is 5.95 Å². The highest BCUT2D eigenvalue weighted by atomic mass is 16.5. The summed E-state index contributed by atoms with van der Waals surface area (Å²) in [5.41, 5.74) is 2.95. The van der Waals surface area contributed by atoms with Gasteiger partial charge in [0.25, 0.3) is 0 Å². The summed E-state index contributed by atoms with van der Waals surface area (Å²) in [7, 11) is 1.60. The van der Waals surface area contributed by atoms with Crippen LogP contribution in [0.1, 0.15) is 18.2 Å². The van der Waals surface area contributed by atoms with Gasteiger partial charge in [-0.2, -0.15) is 5.26 Å². The van der Waals surface area contributed by atoms with Crippen molar-refractivity contribution in [2.24, 2.45) is 0 Å². The number of methoxy groups -OCH3 is 1. The van der Waals surface area contributed by atoms with Gasteiger partial charge < -0.3 is 10.1 Å². The van der Waals surface area contributed by atoms with E-state index in [-0.39, 0.29) is 0 Å². The summed E-state index contributed by atoms with van der Waals surface area (Å²) in [6.07, 6.45) is 0. The van der Waals surface area contributed by atoms with Crippen LogP contribution in [0.25, 0.3) is 11.3 Å². The summed E-state index contributed by atoms with van der Waals surface area (Å²) >= 11 is 0. The summed E-state index contributed by atoms with van der Waals surface area (Å²) in [6, 6.07) is 9.28. The van der Waals surface area contributed by atoms with Gasteiger partial charge in [-0.25, -0.2) is 9.97 Å². The molecule has 0 amide bonds. The Labute approximate surface area is 118 Å². The Morgan fingerprint density at radius 3 is 2.75 bits per heavy atom. The molecule has 1 aromatic carbocycles. The SMILES string of the molecule is CCNc1nc(C)cc(-c2cc(C#N)ccc2OC)n1. The molecule has 5 heteroatoms. The topological polar surface area (TPSA) is 70.8 Å². The first-order valence-electron chi connectivity index (χ1n) is 6.36. The first kappa shape index (κ1) is 13.8. The molecular formula is C15H16N4O. The number of hydrogen-bond donors (Lipinski definition) is 1. The lowest BCUT2D eigenvalue weighted by atomic mass is 10.1. The van der Waals surface area contributed by atoms with Crippen LogP contribution >= 0.6 is 0 Å². The van der Waals surface area contributed by atoms with Gasteiger partial charge in [-0.3, -0.25) is 0 Å². The molecule has 0 saturated carbocycles. The van der Waals surface area contributed by atoms with Crippen molar-refractivity contribution in [1.82, 2.24) is 9.97 Å². The minimum absolute atomic E-state index is 0.571. The highest BCUT2D eigenvalue weighted by molar-refractivity contribution is 5.70. The Bertz CT molecular complexity index is 661. The van der Waals surface area contributed by atoms with Crippen molar-refractivity contribution in [3.8, 4) is 23.1 Å². The van der Waals surface area contributed by atoms with Crippen LogP contribution in [0.2, 0.25) is 0 Å². The molecule has 2 rings (SSSR count). The van der Waals surface area contributed by atoms with Gasteiger partial charge in [0.1, 0.15) is 5.75 Å². The quantitative estimate of drug-likeness (QED) is 0.923. The van der Waals surface area contributed by atoms with Crippen molar-refractivity contribution in [3.05, 3.63) is 35.5 Å². The van der Waals surface area contributed by atoms with E-state index in [1.165, 1.54) is 0 Å². The van der Waals surface area contributed by atoms with E-state index >= 15 is 0 Å². The lowest BCUT2D eigenvalue weighted by Crippen LogP contribution is -2.04. The molecule has 1 aromatic heterocycles. The Kier molecular flexibility index (Phi) is 4.16. The standard InChI is InChI=1S/C15H16N4O/c1-4-17-15-18-10(2)7-13(19-15)12-8-11(9-16)5-6-14(12)20-3/h5-8H,4H2,1-3H3,(H,17,18,19). The molecule has 2 aromatic rings. The second-order valence-electron chi connectivity index (χ2n) is 4.28. The molecule has 20 heavy (non-hydrogen) atoms. The molecule has 1 heterocycles. The van der Waals surface area contributed by atoms with Crippen LogP contribution < -0.4 is 10.1 Å². The fraction of sp³-hybridized carbons (Fsp3) is 0.267. The lowest BCUT2D eigenvalue weighted by molar-refractivity contribution is 0.416. The molecular weight excluding hydrogens is 252 g/mol. The van der Waals surface area contributed by atoms with Crippen LogP contribution in [-0.4, -0.2) is 23.6 Å². The van der Waals surface area contributed by atoms with E-state index in [2.05, 4.69) is 21.4 Å². The molecule has 102 valence electrons. The number of rotatable bonds is 4. The maximum atomic E-state index is 9.03. The molecule has 0 atom stereocenters. The van der Waals surface area contributed by atoms with Gasteiger partial charge in [0, 0.05) is 17.8 Å². The van der Waals surface area contributed by atoms with E-state index in [4.69, 9.17) is 10.00 Å². The molecule has 0 unspecified atom stereocenters. The van der Waals surface area contributed by atoms with Crippen LogP contribution in [0, 0.1) is 18.3 Å². The highest BCUT2D eigenvalue weighted by Gasteiger charge is 2.11. The largest absolute Gasteiger partial charge is 0.496 e. The second-order valence-corrected chi connectivity index (χ2v) is 4.28. The number of nitrogens with zero attached hydrogens (tertiary/aromatic N) is 3. The zero-order valence-electron chi connectivity index (χ0n) is 11.8. The molecule has 0 aliphatic heterocycles. The maximum absolute atomic E-state index is 9.03. The Hall–Kier alpha value is -2.61. The summed E-state index contributed by atoms with van der Waals surface area (Å²) in [5, 5.41) is 12.1. The van der Waals surface area contributed by atoms with Crippen LogP contribution in [0.3, 0.4) is 0 Å². The molecule has 0 radical (unpaired) electrons. The number of anilines is 1. The molecule has 0 aliphatic carbocycles. The Balaban J connectivity index is 2.58. The number of hydrogen-bond acceptors (Lipinski definition) is 5. The van der Waals surface area contributed by atoms with Crippen molar-refractivity contribution in [3.63, 3.8) is 0 Å². The third kappa shape index (κ3) is 2.86. The van der Waals surface area contributed by atoms with Crippen LogP contribution in [0.5, 0.6) is 5.75 Å². The lowest BCUT2D eigenvalue weighted by Gasteiger charge is -2.10. The third-order valence-electron chi connectivity index (χ3n) is 2.79. The predicted molar refractivity (Wildman–Crippen MR) is 77.6 cm³/mol. The number of nitriles is 1. The van der Waals surface area contributed by atoms with E-state index in [1.807, 2.05) is 19.9 Å². The fourth-order valence-electron chi connectivity index (χ4n) is 1.92. The fourth-order valence-corrected chi connectivity index (χ4v) is 1.92. The molecule has 5 nitrogen and oxygen atoms in total. The number of benzene rings is 1. The number of ether oxygens (including phenoxy) is 1. The summed E-state index contributed by atoms with van der Waals surface area (Å²) in [5.74, 6) is 1.26. The van der Waals surface area contributed by atoms with Gasteiger partial charge >= 0.3 is 0 Å². The average Bonchev–Trinajstić information content (AvgIpc) is 2.46. The third-order valence-corrected chi connectivity index (χ3v) is 2.79. The van der Waals surface area contributed by atoms with E-state index in [0.29, 0.717) is 17.3 Å². The normalized spacial score (nSPS) is 9.90. The Morgan fingerprint density at radius 1 is 1.30 bits per heavy atom. The predicted octanol–water partition coefficient (Wildman–Crippen LogP) is 2.76. The highest BCUT2D eigenvalue weighted by Crippen LogP contribution is 2.30. The monoisotopic (exact) mass is 268 g/mol. The Morgan fingerprint density at radius 2 is 2.10 bits per heavy atom. The first-order chi connectivity index (χ1) is 9.67. The molecule has 0 spiro atoms. The van der Waals surface area contributed by atoms with Crippen molar-refractivity contribution in [2.75, 3.05) is 19.0 Å². The van der Waals surface area contributed by atoms with Crippen LogP contribution in [-0.2, 0) is 0 Å². The molecule has 0 bridgehead atoms. The zero-order chi connectivity index (χ0) is 14.5. The van der Waals surface area contributed by atoms with Gasteiger partial charge in [0.05, 0.1) is 24.4 Å². The second kappa shape index (κ2) is 6.02. The number of aryl methyl sites for hydroxylation is 1. The summed E-state index contributed by atoms with van der Waals surface area (Å²) in [4.78, 5) is 8.79. The minimum Gasteiger partial charge on any atom is -0.496 e. The van der Waals surface area contributed by atoms with E-state index in [9.17, 15) is 0 Å². The molecule has 0 fully saturated rings. The smallest absolute Gasteiger partial charge is 0.223 e. The van der Waals surface area contributed by atoms with Crippen molar-refractivity contribution in [1.29, 1.82) is 5.26 Å². The van der Waals surface area contributed by atoms with Gasteiger partial charge in [-0.15, -0.1) is 0 Å². The summed E-state index contributed by atoms with van der Waals surface area (Å²) in [6.45, 7) is 4.65. The van der Waals surface area contributed by atoms with E-state index < -0.39 is 0 Å². The maximum Gasteiger partial charge on any atom is 0.223 e.